The summed E-state index contributed by atoms with van der Waals surface area (Å²) in [4.78, 5) is 24.6. The van der Waals surface area contributed by atoms with Gasteiger partial charge in [-0.05, 0) is 45.0 Å². The second kappa shape index (κ2) is 11.9. The van der Waals surface area contributed by atoms with Crippen molar-refractivity contribution in [3.63, 3.8) is 0 Å². The Morgan fingerprint density at radius 2 is 1.71 bits per heavy atom. The van der Waals surface area contributed by atoms with Gasteiger partial charge in [-0.1, -0.05) is 12.1 Å². The Morgan fingerprint density at radius 3 is 2.39 bits per heavy atom. The molecule has 0 radical (unpaired) electrons. The van der Waals surface area contributed by atoms with Crippen molar-refractivity contribution in [2.75, 3.05) is 30.5 Å². The van der Waals surface area contributed by atoms with Gasteiger partial charge in [0, 0.05) is 18.0 Å². The number of carbonyl (C=O) groups is 2. The Labute approximate surface area is 181 Å². The number of benzene rings is 2. The molecule has 0 saturated heterocycles. The second-order valence-corrected chi connectivity index (χ2v) is 6.06. The standard InChI is InChI=1S/C23H25N3O5/c1-4-29-20-12-11-17(13-21(20)30-5-2)25-15-16(14-24)22(27)26-19-10-8-7-9-18(19)23(28)31-6-3/h7-13,15,25H,4-6H2,1-3H3,(H,26,27)/b16-15-. The number of para-hydroxylation sites is 1. The van der Waals surface area contributed by atoms with Crippen molar-refractivity contribution in [1.82, 2.24) is 0 Å². The largest absolute Gasteiger partial charge is 0.490 e. The third-order valence-electron chi connectivity index (χ3n) is 3.96. The summed E-state index contributed by atoms with van der Waals surface area (Å²) in [7, 11) is 0. The molecule has 0 aliphatic heterocycles. The minimum Gasteiger partial charge on any atom is -0.490 e. The number of rotatable bonds is 10. The summed E-state index contributed by atoms with van der Waals surface area (Å²) >= 11 is 0. The topological polar surface area (TPSA) is 110 Å². The Kier molecular flexibility index (Phi) is 8.92. The van der Waals surface area contributed by atoms with E-state index in [0.717, 1.165) is 0 Å². The first-order valence-electron chi connectivity index (χ1n) is 9.87. The lowest BCUT2D eigenvalue weighted by Crippen LogP contribution is -2.17. The predicted molar refractivity (Wildman–Crippen MR) is 117 cm³/mol. The Bertz CT molecular complexity index is 995. The smallest absolute Gasteiger partial charge is 0.340 e. The lowest BCUT2D eigenvalue weighted by Gasteiger charge is -2.12. The van der Waals surface area contributed by atoms with Crippen molar-refractivity contribution < 1.29 is 23.8 Å². The number of hydrogen-bond acceptors (Lipinski definition) is 7. The van der Waals surface area contributed by atoms with E-state index in [1.54, 1.807) is 43.3 Å². The van der Waals surface area contributed by atoms with Crippen LogP contribution in [0.3, 0.4) is 0 Å². The quantitative estimate of drug-likeness (QED) is 0.336. The molecular formula is C23H25N3O5. The Morgan fingerprint density at radius 1 is 1.00 bits per heavy atom. The van der Waals surface area contributed by atoms with E-state index >= 15 is 0 Å². The zero-order chi connectivity index (χ0) is 22.6. The van der Waals surface area contributed by atoms with Crippen LogP contribution in [0.1, 0.15) is 31.1 Å². The van der Waals surface area contributed by atoms with Crippen LogP contribution in [0.15, 0.2) is 54.2 Å². The lowest BCUT2D eigenvalue weighted by molar-refractivity contribution is -0.112. The minimum absolute atomic E-state index is 0.175. The van der Waals surface area contributed by atoms with Crippen molar-refractivity contribution in [3.8, 4) is 17.6 Å². The van der Waals surface area contributed by atoms with Crippen molar-refractivity contribution in [2.45, 2.75) is 20.8 Å². The van der Waals surface area contributed by atoms with E-state index in [2.05, 4.69) is 10.6 Å². The summed E-state index contributed by atoms with van der Waals surface area (Å²) in [5.74, 6) is -0.0682. The van der Waals surface area contributed by atoms with E-state index < -0.39 is 11.9 Å². The Balaban J connectivity index is 2.18. The SMILES string of the molecule is CCOC(=O)c1ccccc1NC(=O)/C(C#N)=C\Nc1ccc(OCC)c(OCC)c1. The van der Waals surface area contributed by atoms with E-state index in [0.29, 0.717) is 30.4 Å². The molecule has 2 rings (SSSR count). The van der Waals surface area contributed by atoms with Crippen LogP contribution in [0.5, 0.6) is 11.5 Å². The molecule has 0 aliphatic carbocycles. The monoisotopic (exact) mass is 423 g/mol. The Hall–Kier alpha value is -3.99. The summed E-state index contributed by atoms with van der Waals surface area (Å²) in [6.45, 7) is 6.60. The number of carbonyl (C=O) groups excluding carboxylic acids is 2. The third-order valence-corrected chi connectivity index (χ3v) is 3.96. The van der Waals surface area contributed by atoms with E-state index in [9.17, 15) is 14.9 Å². The molecule has 8 heteroatoms. The van der Waals surface area contributed by atoms with Gasteiger partial charge < -0.3 is 24.8 Å². The van der Waals surface area contributed by atoms with Crippen LogP contribution < -0.4 is 20.1 Å². The van der Waals surface area contributed by atoms with E-state index in [-0.39, 0.29) is 23.4 Å². The van der Waals surface area contributed by atoms with Crippen LogP contribution in [0.2, 0.25) is 0 Å². The molecule has 2 N–H and O–H groups in total. The van der Waals surface area contributed by atoms with Crippen LogP contribution in [-0.2, 0) is 9.53 Å². The molecule has 1 amide bonds. The van der Waals surface area contributed by atoms with Gasteiger partial charge in [-0.3, -0.25) is 4.79 Å². The van der Waals surface area contributed by atoms with Crippen molar-refractivity contribution in [2.24, 2.45) is 0 Å². The minimum atomic E-state index is -0.664. The molecule has 0 heterocycles. The fourth-order valence-electron chi connectivity index (χ4n) is 2.61. The highest BCUT2D eigenvalue weighted by Crippen LogP contribution is 2.30. The summed E-state index contributed by atoms with van der Waals surface area (Å²) in [6, 6.07) is 13.5. The maximum Gasteiger partial charge on any atom is 0.340 e. The summed E-state index contributed by atoms with van der Waals surface area (Å²) < 4.78 is 16.1. The maximum atomic E-state index is 12.6. The number of nitrogens with one attached hydrogen (secondary N) is 2. The first-order valence-corrected chi connectivity index (χ1v) is 9.87. The van der Waals surface area contributed by atoms with Crippen LogP contribution in [0.25, 0.3) is 0 Å². The zero-order valence-corrected chi connectivity index (χ0v) is 17.7. The molecular weight excluding hydrogens is 398 g/mol. The van der Waals surface area contributed by atoms with Crippen LogP contribution in [0, 0.1) is 11.3 Å². The van der Waals surface area contributed by atoms with Crippen LogP contribution in [-0.4, -0.2) is 31.7 Å². The number of nitriles is 1. The summed E-state index contributed by atoms with van der Waals surface area (Å²) in [5.41, 5.74) is 0.896. The highest BCUT2D eigenvalue weighted by Gasteiger charge is 2.16. The fourth-order valence-corrected chi connectivity index (χ4v) is 2.61. The zero-order valence-electron chi connectivity index (χ0n) is 17.7. The van der Waals surface area contributed by atoms with Gasteiger partial charge in [-0.2, -0.15) is 5.26 Å². The number of hydrogen-bond donors (Lipinski definition) is 2. The molecule has 0 unspecified atom stereocenters. The highest BCUT2D eigenvalue weighted by molar-refractivity contribution is 6.09. The van der Waals surface area contributed by atoms with Gasteiger partial charge in [0.05, 0.1) is 31.1 Å². The molecule has 0 spiro atoms. The fraction of sp³-hybridized carbons (Fsp3) is 0.261. The number of amides is 1. The molecule has 2 aromatic carbocycles. The first kappa shape index (κ1) is 23.3. The van der Waals surface area contributed by atoms with Gasteiger partial charge in [0.15, 0.2) is 11.5 Å². The van der Waals surface area contributed by atoms with Crippen LogP contribution >= 0.6 is 0 Å². The number of nitrogens with zero attached hydrogens (tertiary/aromatic N) is 1. The number of esters is 1. The molecule has 162 valence electrons. The maximum absolute atomic E-state index is 12.6. The molecule has 0 atom stereocenters. The van der Waals surface area contributed by atoms with Gasteiger partial charge in [-0.15, -0.1) is 0 Å². The van der Waals surface area contributed by atoms with Crippen LogP contribution in [0.4, 0.5) is 11.4 Å². The summed E-state index contributed by atoms with van der Waals surface area (Å²) in [5, 5.41) is 14.9. The highest BCUT2D eigenvalue weighted by atomic mass is 16.5. The van der Waals surface area contributed by atoms with Crippen molar-refractivity contribution >= 4 is 23.3 Å². The molecule has 0 saturated carbocycles. The summed E-state index contributed by atoms with van der Waals surface area (Å²) in [6.07, 6.45) is 1.29. The van der Waals surface area contributed by atoms with Crippen molar-refractivity contribution in [1.29, 1.82) is 5.26 Å². The molecule has 0 fully saturated rings. The van der Waals surface area contributed by atoms with Gasteiger partial charge in [-0.25, -0.2) is 4.79 Å². The van der Waals surface area contributed by atoms with Gasteiger partial charge in [0.1, 0.15) is 11.6 Å². The first-order chi connectivity index (χ1) is 15.0. The molecule has 0 aromatic heterocycles. The number of anilines is 2. The van der Waals surface area contributed by atoms with E-state index in [1.807, 2.05) is 19.9 Å². The van der Waals surface area contributed by atoms with Gasteiger partial charge in [0.2, 0.25) is 0 Å². The lowest BCUT2D eigenvalue weighted by atomic mass is 10.1. The second-order valence-electron chi connectivity index (χ2n) is 6.06. The molecule has 0 aliphatic rings. The van der Waals surface area contributed by atoms with Gasteiger partial charge in [0.25, 0.3) is 5.91 Å². The number of ether oxygens (including phenoxy) is 3. The average Bonchev–Trinajstić information content (AvgIpc) is 2.76. The van der Waals surface area contributed by atoms with E-state index in [4.69, 9.17) is 14.2 Å². The molecule has 0 bridgehead atoms. The van der Waals surface area contributed by atoms with E-state index in [1.165, 1.54) is 12.3 Å². The molecule has 2 aromatic rings. The predicted octanol–water partition coefficient (Wildman–Crippen LogP) is 4.12. The third kappa shape index (κ3) is 6.51. The molecule has 31 heavy (non-hydrogen) atoms. The normalized spacial score (nSPS) is 10.6. The molecule has 8 nitrogen and oxygen atoms in total. The average molecular weight is 423 g/mol. The van der Waals surface area contributed by atoms with Gasteiger partial charge >= 0.3 is 5.97 Å². The van der Waals surface area contributed by atoms with Crippen molar-refractivity contribution in [3.05, 3.63) is 59.8 Å².